The number of hydrogen-bond acceptors (Lipinski definition) is 3. The Morgan fingerprint density at radius 1 is 1.26 bits per heavy atom. The number of guanidine groups is 1. The van der Waals surface area contributed by atoms with Crippen molar-refractivity contribution in [3.8, 4) is 5.75 Å². The van der Waals surface area contributed by atoms with Crippen molar-refractivity contribution in [1.82, 2.24) is 15.1 Å². The first-order valence-electron chi connectivity index (χ1n) is 9.66. The van der Waals surface area contributed by atoms with Gasteiger partial charge in [-0.3, -0.25) is 9.89 Å². The van der Waals surface area contributed by atoms with Gasteiger partial charge in [-0.05, 0) is 18.9 Å². The Hall–Kier alpha value is -1.28. The molecule has 0 radical (unpaired) electrons. The molecule has 1 saturated carbocycles. The van der Waals surface area contributed by atoms with E-state index >= 15 is 0 Å². The molecule has 3 aliphatic rings. The molecule has 5 nitrogen and oxygen atoms in total. The monoisotopic (exact) mass is 482 g/mol. The maximum absolute atomic E-state index is 5.58. The van der Waals surface area contributed by atoms with Gasteiger partial charge in [-0.25, -0.2) is 0 Å². The standard InChI is InChI=1S/C21H30N4O.HI/c1-21(17-8-4-5-9-18(17)26-3)14-19(21)23-20(22-2)25-13-10-16(15-25)24-11-6-7-12-24;/h4-9,16,19H,10-15H2,1-3H3,(H,22,23);1H. The molecule has 2 heterocycles. The summed E-state index contributed by atoms with van der Waals surface area (Å²) in [6, 6.07) is 9.43. The first-order valence-corrected chi connectivity index (χ1v) is 9.66. The van der Waals surface area contributed by atoms with Crippen LogP contribution in [0.25, 0.3) is 0 Å². The van der Waals surface area contributed by atoms with Crippen molar-refractivity contribution in [3.63, 3.8) is 0 Å². The maximum atomic E-state index is 5.58. The van der Waals surface area contributed by atoms with Crippen LogP contribution in [0.15, 0.2) is 41.4 Å². The molecule has 1 aliphatic carbocycles. The molecule has 4 rings (SSSR count). The Morgan fingerprint density at radius 3 is 2.70 bits per heavy atom. The van der Waals surface area contributed by atoms with Crippen LogP contribution in [0.1, 0.15) is 25.3 Å². The van der Waals surface area contributed by atoms with Crippen LogP contribution in [0, 0.1) is 0 Å². The average molecular weight is 482 g/mol. The third-order valence-electron chi connectivity index (χ3n) is 6.30. The quantitative estimate of drug-likeness (QED) is 0.310. The molecule has 3 unspecified atom stereocenters. The molecule has 27 heavy (non-hydrogen) atoms. The number of hydrogen-bond donors (Lipinski definition) is 1. The minimum atomic E-state index is 0. The van der Waals surface area contributed by atoms with Crippen LogP contribution in [0.3, 0.4) is 0 Å². The SMILES string of the molecule is CN=C(NC1CC1(C)c1ccccc1OC)N1CCC(N2CC=CC2)C1.I. The lowest BCUT2D eigenvalue weighted by Gasteiger charge is -2.26. The van der Waals surface area contributed by atoms with E-state index in [-0.39, 0.29) is 29.4 Å². The summed E-state index contributed by atoms with van der Waals surface area (Å²) in [5.41, 5.74) is 1.40. The highest BCUT2D eigenvalue weighted by Crippen LogP contribution is 2.51. The molecule has 6 heteroatoms. The Morgan fingerprint density at radius 2 is 2.00 bits per heavy atom. The van der Waals surface area contributed by atoms with E-state index in [0.29, 0.717) is 12.1 Å². The van der Waals surface area contributed by atoms with Gasteiger partial charge in [-0.2, -0.15) is 0 Å². The number of nitrogens with zero attached hydrogens (tertiary/aromatic N) is 3. The number of methoxy groups -OCH3 is 1. The van der Waals surface area contributed by atoms with E-state index in [1.54, 1.807) is 7.11 Å². The van der Waals surface area contributed by atoms with Crippen molar-refractivity contribution < 1.29 is 4.74 Å². The van der Waals surface area contributed by atoms with Crippen LogP contribution in [0.5, 0.6) is 5.75 Å². The third-order valence-corrected chi connectivity index (χ3v) is 6.30. The van der Waals surface area contributed by atoms with Gasteiger partial charge in [0.1, 0.15) is 5.75 Å². The van der Waals surface area contributed by atoms with Gasteiger partial charge >= 0.3 is 0 Å². The highest BCUT2D eigenvalue weighted by atomic mass is 127. The fraction of sp³-hybridized carbons (Fsp3) is 0.571. The summed E-state index contributed by atoms with van der Waals surface area (Å²) in [5, 5.41) is 3.72. The molecule has 1 aromatic carbocycles. The zero-order chi connectivity index (χ0) is 18.1. The second kappa shape index (κ2) is 8.39. The zero-order valence-electron chi connectivity index (χ0n) is 16.5. The maximum Gasteiger partial charge on any atom is 0.193 e. The molecule has 0 bridgehead atoms. The van der Waals surface area contributed by atoms with E-state index in [0.717, 1.165) is 44.3 Å². The summed E-state index contributed by atoms with van der Waals surface area (Å²) in [4.78, 5) is 9.56. The van der Waals surface area contributed by atoms with Gasteiger partial charge in [0, 0.05) is 56.3 Å². The molecule has 148 valence electrons. The predicted octanol–water partition coefficient (Wildman–Crippen LogP) is 2.86. The first-order chi connectivity index (χ1) is 12.7. The largest absolute Gasteiger partial charge is 0.496 e. The fourth-order valence-corrected chi connectivity index (χ4v) is 4.47. The van der Waals surface area contributed by atoms with Gasteiger partial charge in [0.15, 0.2) is 5.96 Å². The number of rotatable bonds is 4. The molecule has 0 aromatic heterocycles. The van der Waals surface area contributed by atoms with Crippen molar-refractivity contribution in [2.45, 2.75) is 37.3 Å². The molecular formula is C21H31IN4O. The van der Waals surface area contributed by atoms with E-state index in [1.165, 1.54) is 12.0 Å². The smallest absolute Gasteiger partial charge is 0.193 e. The fourth-order valence-electron chi connectivity index (χ4n) is 4.47. The van der Waals surface area contributed by atoms with Crippen LogP contribution in [0.2, 0.25) is 0 Å². The molecule has 2 aliphatic heterocycles. The summed E-state index contributed by atoms with van der Waals surface area (Å²) in [6.07, 6.45) is 6.88. The molecule has 1 saturated heterocycles. The van der Waals surface area contributed by atoms with E-state index in [4.69, 9.17) is 4.74 Å². The van der Waals surface area contributed by atoms with Gasteiger partial charge < -0.3 is 15.0 Å². The summed E-state index contributed by atoms with van der Waals surface area (Å²) in [6.45, 7) is 6.66. The van der Waals surface area contributed by atoms with Gasteiger partial charge in [0.05, 0.1) is 7.11 Å². The summed E-state index contributed by atoms with van der Waals surface area (Å²) < 4.78 is 5.58. The Labute approximate surface area is 179 Å². The lowest BCUT2D eigenvalue weighted by atomic mass is 9.96. The number of nitrogens with one attached hydrogen (secondary N) is 1. The number of ether oxygens (including phenoxy) is 1. The summed E-state index contributed by atoms with van der Waals surface area (Å²) in [5.74, 6) is 2.03. The van der Waals surface area contributed by atoms with Crippen LogP contribution < -0.4 is 10.1 Å². The van der Waals surface area contributed by atoms with E-state index in [1.807, 2.05) is 13.1 Å². The molecule has 0 spiro atoms. The van der Waals surface area contributed by atoms with Crippen LogP contribution in [0.4, 0.5) is 0 Å². The van der Waals surface area contributed by atoms with Crippen LogP contribution in [-0.4, -0.2) is 68.2 Å². The lowest BCUT2D eigenvalue weighted by Crippen LogP contribution is -2.44. The second-order valence-corrected chi connectivity index (χ2v) is 7.88. The van der Waals surface area contributed by atoms with Crippen LogP contribution in [-0.2, 0) is 5.41 Å². The highest BCUT2D eigenvalue weighted by Gasteiger charge is 2.53. The number of para-hydroxylation sites is 1. The normalized spacial score (nSPS) is 30.3. The molecule has 1 N–H and O–H groups in total. The van der Waals surface area contributed by atoms with Crippen molar-refractivity contribution in [2.24, 2.45) is 4.99 Å². The number of aliphatic imine (C=N–C) groups is 1. The van der Waals surface area contributed by atoms with Crippen molar-refractivity contribution >= 4 is 29.9 Å². The summed E-state index contributed by atoms with van der Waals surface area (Å²) >= 11 is 0. The predicted molar refractivity (Wildman–Crippen MR) is 121 cm³/mol. The molecular weight excluding hydrogens is 451 g/mol. The van der Waals surface area contributed by atoms with Gasteiger partial charge in [0.25, 0.3) is 0 Å². The van der Waals surface area contributed by atoms with Crippen molar-refractivity contribution in [1.29, 1.82) is 0 Å². The molecule has 2 fully saturated rings. The molecule has 1 aromatic rings. The Bertz CT molecular complexity index is 714. The minimum Gasteiger partial charge on any atom is -0.496 e. The van der Waals surface area contributed by atoms with Gasteiger partial charge in [0.2, 0.25) is 0 Å². The topological polar surface area (TPSA) is 40.1 Å². The lowest BCUT2D eigenvalue weighted by molar-refractivity contribution is 0.259. The molecule has 3 atom stereocenters. The van der Waals surface area contributed by atoms with E-state index < -0.39 is 0 Å². The first kappa shape index (κ1) is 20.5. The zero-order valence-corrected chi connectivity index (χ0v) is 18.8. The van der Waals surface area contributed by atoms with E-state index in [2.05, 4.69) is 57.4 Å². The minimum absolute atomic E-state index is 0. The van der Waals surface area contributed by atoms with Gasteiger partial charge in [-0.15, -0.1) is 24.0 Å². The highest BCUT2D eigenvalue weighted by molar-refractivity contribution is 14.0. The Balaban J connectivity index is 0.00000210. The average Bonchev–Trinajstić information content (AvgIpc) is 3.11. The van der Waals surface area contributed by atoms with E-state index in [9.17, 15) is 0 Å². The van der Waals surface area contributed by atoms with Crippen LogP contribution >= 0.6 is 24.0 Å². The van der Waals surface area contributed by atoms with Crippen molar-refractivity contribution in [2.75, 3.05) is 40.3 Å². The Kier molecular flexibility index (Phi) is 6.35. The third kappa shape index (κ3) is 3.97. The number of likely N-dealkylation sites (tertiary alicyclic amines) is 1. The van der Waals surface area contributed by atoms with Crippen molar-refractivity contribution in [3.05, 3.63) is 42.0 Å². The van der Waals surface area contributed by atoms with Gasteiger partial charge in [-0.1, -0.05) is 37.3 Å². The summed E-state index contributed by atoms with van der Waals surface area (Å²) in [7, 11) is 3.65. The molecule has 0 amide bonds. The number of benzene rings is 1. The number of halogens is 1. The second-order valence-electron chi connectivity index (χ2n) is 7.88.